The highest BCUT2D eigenvalue weighted by atomic mass is 79.9. The number of hydrogen-bond acceptors (Lipinski definition) is 3. The van der Waals surface area contributed by atoms with Crippen molar-refractivity contribution in [2.45, 2.75) is 39.3 Å². The van der Waals surface area contributed by atoms with Gasteiger partial charge in [0.1, 0.15) is 6.07 Å². The van der Waals surface area contributed by atoms with E-state index in [9.17, 15) is 0 Å². The molecule has 0 atom stereocenters. The van der Waals surface area contributed by atoms with Crippen LogP contribution in [-0.2, 0) is 13.0 Å². The topological polar surface area (TPSA) is 67.6 Å². The van der Waals surface area contributed by atoms with Gasteiger partial charge in [0.2, 0.25) is 0 Å². The molecule has 0 spiro atoms. The first-order valence-corrected chi connectivity index (χ1v) is 5.62. The second-order valence-electron chi connectivity index (χ2n) is 4.20. The van der Waals surface area contributed by atoms with Crippen LogP contribution in [0.3, 0.4) is 0 Å². The summed E-state index contributed by atoms with van der Waals surface area (Å²) < 4.78 is 2.59. The Morgan fingerprint density at radius 2 is 2.20 bits per heavy atom. The highest BCUT2D eigenvalue weighted by molar-refractivity contribution is 9.10. The SMILES string of the molecule is CCn1nc(C#N)c(Br)c1CC(C)(C)N. The maximum Gasteiger partial charge on any atom is 0.176 e. The van der Waals surface area contributed by atoms with Crippen molar-refractivity contribution >= 4 is 15.9 Å². The minimum absolute atomic E-state index is 0.303. The monoisotopic (exact) mass is 270 g/mol. The van der Waals surface area contributed by atoms with Gasteiger partial charge in [-0.25, -0.2) is 0 Å². The van der Waals surface area contributed by atoms with Gasteiger partial charge in [0, 0.05) is 18.5 Å². The van der Waals surface area contributed by atoms with Crippen molar-refractivity contribution in [3.05, 3.63) is 15.9 Å². The highest BCUT2D eigenvalue weighted by Crippen LogP contribution is 2.24. The predicted octanol–water partition coefficient (Wildman–Crippen LogP) is 1.82. The molecule has 0 bridgehead atoms. The Balaban J connectivity index is 3.16. The molecule has 0 saturated heterocycles. The number of aryl methyl sites for hydroxylation is 1. The summed E-state index contributed by atoms with van der Waals surface area (Å²) in [7, 11) is 0. The summed E-state index contributed by atoms with van der Waals surface area (Å²) in [5.74, 6) is 0. The van der Waals surface area contributed by atoms with E-state index in [0.717, 1.165) is 16.7 Å². The lowest BCUT2D eigenvalue weighted by atomic mass is 10.00. The molecule has 0 radical (unpaired) electrons. The third kappa shape index (κ3) is 2.80. The Morgan fingerprint density at radius 1 is 1.60 bits per heavy atom. The standard InChI is InChI=1S/C10H15BrN4/c1-4-15-8(5-10(2,3)13)9(11)7(6-12)14-15/h4-5,13H2,1-3H3. The molecule has 15 heavy (non-hydrogen) atoms. The van der Waals surface area contributed by atoms with E-state index >= 15 is 0 Å². The van der Waals surface area contributed by atoms with Crippen molar-refractivity contribution in [2.24, 2.45) is 5.73 Å². The molecule has 0 aliphatic carbocycles. The van der Waals surface area contributed by atoms with Crippen LogP contribution in [0.4, 0.5) is 0 Å². The molecular formula is C10H15BrN4. The molecule has 0 saturated carbocycles. The summed E-state index contributed by atoms with van der Waals surface area (Å²) in [5, 5.41) is 13.0. The molecule has 1 heterocycles. The van der Waals surface area contributed by atoms with Crippen molar-refractivity contribution in [2.75, 3.05) is 0 Å². The number of rotatable bonds is 3. The van der Waals surface area contributed by atoms with Crippen LogP contribution >= 0.6 is 15.9 Å². The number of hydrogen-bond donors (Lipinski definition) is 1. The Kier molecular flexibility index (Phi) is 3.53. The zero-order chi connectivity index (χ0) is 11.6. The first kappa shape index (κ1) is 12.2. The molecule has 1 aromatic rings. The van der Waals surface area contributed by atoms with Crippen LogP contribution in [0.5, 0.6) is 0 Å². The summed E-state index contributed by atoms with van der Waals surface area (Å²) in [6.07, 6.45) is 0.691. The summed E-state index contributed by atoms with van der Waals surface area (Å²) in [6.45, 7) is 6.65. The molecule has 0 aliphatic rings. The number of halogens is 1. The minimum Gasteiger partial charge on any atom is -0.325 e. The van der Waals surface area contributed by atoms with Crippen LogP contribution < -0.4 is 5.73 Å². The van der Waals surface area contributed by atoms with Gasteiger partial charge >= 0.3 is 0 Å². The zero-order valence-electron chi connectivity index (χ0n) is 9.21. The van der Waals surface area contributed by atoms with E-state index in [1.165, 1.54) is 0 Å². The van der Waals surface area contributed by atoms with Gasteiger partial charge in [0.05, 0.1) is 10.2 Å². The zero-order valence-corrected chi connectivity index (χ0v) is 10.8. The molecule has 0 aromatic carbocycles. The van der Waals surface area contributed by atoms with Crippen molar-refractivity contribution in [3.8, 4) is 6.07 Å². The molecule has 5 heteroatoms. The van der Waals surface area contributed by atoms with Crippen LogP contribution in [0.1, 0.15) is 32.2 Å². The fourth-order valence-electron chi connectivity index (χ4n) is 1.41. The van der Waals surface area contributed by atoms with Crippen LogP contribution in [-0.4, -0.2) is 15.3 Å². The van der Waals surface area contributed by atoms with Gasteiger partial charge < -0.3 is 5.73 Å². The van der Waals surface area contributed by atoms with Gasteiger partial charge in [0.25, 0.3) is 0 Å². The van der Waals surface area contributed by atoms with E-state index in [0.29, 0.717) is 12.1 Å². The van der Waals surface area contributed by atoms with Gasteiger partial charge in [-0.3, -0.25) is 4.68 Å². The summed E-state index contributed by atoms with van der Waals surface area (Å²) >= 11 is 3.39. The summed E-state index contributed by atoms with van der Waals surface area (Å²) in [5.41, 5.74) is 7.08. The third-order valence-corrected chi connectivity index (χ3v) is 2.86. The molecule has 4 nitrogen and oxygen atoms in total. The quantitative estimate of drug-likeness (QED) is 0.911. The Hall–Kier alpha value is -0.860. The second-order valence-corrected chi connectivity index (χ2v) is 5.00. The number of aromatic nitrogens is 2. The number of nitriles is 1. The average molecular weight is 271 g/mol. The lowest BCUT2D eigenvalue weighted by Gasteiger charge is -2.19. The summed E-state index contributed by atoms with van der Waals surface area (Å²) in [4.78, 5) is 0. The Labute approximate surface area is 98.2 Å². The maximum absolute atomic E-state index is 8.86. The number of nitrogens with two attached hydrogens (primary N) is 1. The van der Waals surface area contributed by atoms with Gasteiger partial charge in [0.15, 0.2) is 5.69 Å². The average Bonchev–Trinajstić information content (AvgIpc) is 2.42. The summed E-state index contributed by atoms with van der Waals surface area (Å²) in [6, 6.07) is 2.06. The van der Waals surface area contributed by atoms with Gasteiger partial charge in [-0.05, 0) is 36.7 Å². The molecule has 1 rings (SSSR count). The van der Waals surface area contributed by atoms with E-state index < -0.39 is 0 Å². The minimum atomic E-state index is -0.303. The molecule has 1 aromatic heterocycles. The van der Waals surface area contributed by atoms with Crippen molar-refractivity contribution in [1.29, 1.82) is 5.26 Å². The second kappa shape index (κ2) is 4.33. The molecule has 0 fully saturated rings. The lowest BCUT2D eigenvalue weighted by molar-refractivity contribution is 0.484. The van der Waals surface area contributed by atoms with E-state index in [1.807, 2.05) is 25.5 Å². The molecule has 0 unspecified atom stereocenters. The normalized spacial score (nSPS) is 11.5. The van der Waals surface area contributed by atoms with Crippen molar-refractivity contribution in [3.63, 3.8) is 0 Å². The Morgan fingerprint density at radius 3 is 2.60 bits per heavy atom. The fourth-order valence-corrected chi connectivity index (χ4v) is 1.92. The smallest absolute Gasteiger partial charge is 0.176 e. The van der Waals surface area contributed by atoms with Crippen LogP contribution in [0.25, 0.3) is 0 Å². The molecule has 2 N–H and O–H groups in total. The molecular weight excluding hydrogens is 256 g/mol. The first-order valence-electron chi connectivity index (χ1n) is 4.83. The lowest BCUT2D eigenvalue weighted by Crippen LogP contribution is -2.35. The predicted molar refractivity (Wildman–Crippen MR) is 62.3 cm³/mol. The largest absolute Gasteiger partial charge is 0.325 e. The fraction of sp³-hybridized carbons (Fsp3) is 0.600. The maximum atomic E-state index is 8.86. The van der Waals surface area contributed by atoms with Crippen molar-refractivity contribution in [1.82, 2.24) is 9.78 Å². The van der Waals surface area contributed by atoms with Gasteiger partial charge in [-0.1, -0.05) is 0 Å². The van der Waals surface area contributed by atoms with Crippen molar-refractivity contribution < 1.29 is 0 Å². The van der Waals surface area contributed by atoms with E-state index in [1.54, 1.807) is 0 Å². The molecule has 0 amide bonds. The van der Waals surface area contributed by atoms with Crippen LogP contribution in [0, 0.1) is 11.3 Å². The Bertz CT molecular complexity index is 395. The third-order valence-electron chi connectivity index (χ3n) is 2.02. The van der Waals surface area contributed by atoms with Gasteiger partial charge in [-0.15, -0.1) is 0 Å². The molecule has 82 valence electrons. The van der Waals surface area contributed by atoms with E-state index in [4.69, 9.17) is 11.0 Å². The van der Waals surface area contributed by atoms with Crippen LogP contribution in [0.2, 0.25) is 0 Å². The van der Waals surface area contributed by atoms with E-state index in [-0.39, 0.29) is 5.54 Å². The first-order chi connectivity index (χ1) is 6.89. The number of nitrogens with zero attached hydrogens (tertiary/aromatic N) is 3. The van der Waals surface area contributed by atoms with Crippen LogP contribution in [0.15, 0.2) is 4.47 Å². The highest BCUT2D eigenvalue weighted by Gasteiger charge is 2.20. The molecule has 0 aliphatic heterocycles. The van der Waals surface area contributed by atoms with E-state index in [2.05, 4.69) is 27.1 Å². The van der Waals surface area contributed by atoms with Gasteiger partial charge in [-0.2, -0.15) is 10.4 Å².